The zero-order valence-electron chi connectivity index (χ0n) is 5.40. The molecule has 0 spiro atoms. The molecular weight excluding hydrogens is 192 g/mol. The van der Waals surface area contributed by atoms with Gasteiger partial charge in [0.2, 0.25) is 0 Å². The Hall–Kier alpha value is 0.766. The number of hydrogen-bond acceptors (Lipinski definition) is 1. The van der Waals surface area contributed by atoms with Crippen LogP contribution in [0.4, 0.5) is 0 Å². The molecule has 0 unspecified atom stereocenters. The second kappa shape index (κ2) is 8.77. The summed E-state index contributed by atoms with van der Waals surface area (Å²) >= 11 is 2.92. The highest BCUT2D eigenvalue weighted by Crippen LogP contribution is 1.98. The van der Waals surface area contributed by atoms with Crippen molar-refractivity contribution in [2.24, 2.45) is 0 Å². The average molecular weight is 201 g/mol. The summed E-state index contributed by atoms with van der Waals surface area (Å²) in [4.78, 5) is 0. The quantitative estimate of drug-likeness (QED) is 0.425. The van der Waals surface area contributed by atoms with E-state index in [0.29, 0.717) is 0 Å². The van der Waals surface area contributed by atoms with Crippen LogP contribution in [0.15, 0.2) is 0 Å². The number of ether oxygens (including phenoxy) is 1. The standard InChI is InChI=1S/C4H8O.C2H.BrH.Mg/c1-2-4-5-3-1;1-2;;/h1-4H2;1H;1H;/q;;;+1/p-1. The van der Waals surface area contributed by atoms with Crippen LogP contribution in [0.25, 0.3) is 0 Å². The molecule has 0 radical (unpaired) electrons. The van der Waals surface area contributed by atoms with Crippen molar-refractivity contribution in [3.05, 3.63) is 0 Å². The monoisotopic (exact) mass is 200 g/mol. The Bertz CT molecular complexity index is 77.9. The van der Waals surface area contributed by atoms with Crippen molar-refractivity contribution in [3.63, 3.8) is 0 Å². The van der Waals surface area contributed by atoms with Crippen LogP contribution < -0.4 is 0 Å². The van der Waals surface area contributed by atoms with Gasteiger partial charge in [0.1, 0.15) is 0 Å². The highest BCUT2D eigenvalue weighted by molar-refractivity contribution is 9.23. The molecule has 9 heavy (non-hydrogen) atoms. The van der Waals surface area contributed by atoms with E-state index in [2.05, 4.69) is 16.9 Å². The van der Waals surface area contributed by atoms with E-state index in [1.54, 1.807) is 0 Å². The molecule has 0 atom stereocenters. The lowest BCUT2D eigenvalue weighted by atomic mass is 10.4. The third kappa shape index (κ3) is 8.77. The van der Waals surface area contributed by atoms with Crippen molar-refractivity contribution in [1.82, 2.24) is 0 Å². The first kappa shape index (κ1) is 9.77. The normalized spacial score (nSPS) is 14.7. The predicted molar refractivity (Wildman–Crippen MR) is 43.6 cm³/mol. The van der Waals surface area contributed by atoms with E-state index in [0.717, 1.165) is 13.2 Å². The average Bonchev–Trinajstić information content (AvgIpc) is 2.43. The number of terminal acetylenes is 1. The first-order valence-electron chi connectivity index (χ1n) is 2.99. The molecule has 48 valence electrons. The van der Waals surface area contributed by atoms with Crippen molar-refractivity contribution in [3.8, 4) is 10.5 Å². The SMILES string of the molecule is C#[C][Mg][Br].C1CCOC1. The van der Waals surface area contributed by atoms with Crippen LogP contribution in [0.2, 0.25) is 0 Å². The van der Waals surface area contributed by atoms with E-state index in [1.165, 1.54) is 12.8 Å². The first-order chi connectivity index (χ1) is 4.41. The van der Waals surface area contributed by atoms with Crippen molar-refractivity contribution < 1.29 is 4.74 Å². The second-order valence-corrected chi connectivity index (χ2v) is 4.01. The number of rotatable bonds is 0. The Morgan fingerprint density at radius 3 is 2.00 bits per heavy atom. The molecule has 1 fully saturated rings. The lowest BCUT2D eigenvalue weighted by Crippen LogP contribution is -1.74. The molecule has 0 aromatic heterocycles. The van der Waals surface area contributed by atoms with Gasteiger partial charge in [-0.3, -0.25) is 16.9 Å². The zero-order chi connectivity index (χ0) is 6.95. The van der Waals surface area contributed by atoms with Gasteiger partial charge in [-0.05, 0) is 12.8 Å². The Morgan fingerprint density at radius 1 is 1.44 bits per heavy atom. The van der Waals surface area contributed by atoms with Gasteiger partial charge in [-0.1, -0.05) is 0 Å². The summed E-state index contributed by atoms with van der Waals surface area (Å²) in [6.07, 6.45) is 7.35. The Kier molecular flexibility index (Phi) is 9.51. The highest BCUT2D eigenvalue weighted by atomic mass is 79.9. The van der Waals surface area contributed by atoms with E-state index in [9.17, 15) is 0 Å². The van der Waals surface area contributed by atoms with Gasteiger partial charge in [-0.25, -0.2) is 0 Å². The zero-order valence-corrected chi connectivity index (χ0v) is 8.40. The van der Waals surface area contributed by atoms with Crippen LogP contribution in [0.3, 0.4) is 0 Å². The molecule has 1 nitrogen and oxygen atoms in total. The third-order valence-corrected chi connectivity index (χ3v) is 2.03. The number of hydrogen-bond donors (Lipinski definition) is 0. The minimum atomic E-state index is -0.235. The Labute approximate surface area is 72.1 Å². The van der Waals surface area contributed by atoms with Crippen LogP contribution in [-0.4, -0.2) is 31.4 Å². The molecule has 1 rings (SSSR count). The van der Waals surface area contributed by atoms with Crippen molar-refractivity contribution >= 4 is 31.1 Å². The van der Waals surface area contributed by atoms with Crippen LogP contribution >= 0.6 is 12.9 Å². The fraction of sp³-hybridized carbons (Fsp3) is 0.667. The smallest absolute Gasteiger partial charge is 0.381 e. The summed E-state index contributed by atoms with van der Waals surface area (Å²) in [5.41, 5.74) is 0. The van der Waals surface area contributed by atoms with Crippen LogP contribution in [0.5, 0.6) is 0 Å². The van der Waals surface area contributed by atoms with Crippen LogP contribution in [0.1, 0.15) is 12.8 Å². The maximum absolute atomic E-state index is 4.94. The minimum Gasteiger partial charge on any atom is -0.381 e. The molecule has 1 saturated heterocycles. The van der Waals surface area contributed by atoms with Gasteiger partial charge in [-0.2, -0.15) is 6.42 Å². The third-order valence-electron chi connectivity index (χ3n) is 0.905. The molecule has 0 saturated carbocycles. The minimum absolute atomic E-state index is 0.235. The van der Waals surface area contributed by atoms with Crippen molar-refractivity contribution in [1.29, 1.82) is 0 Å². The van der Waals surface area contributed by atoms with Gasteiger partial charge in [0.25, 0.3) is 0 Å². The molecule has 1 aliphatic rings. The fourth-order valence-corrected chi connectivity index (χ4v) is 0.510. The van der Waals surface area contributed by atoms with E-state index < -0.39 is 0 Å². The van der Waals surface area contributed by atoms with Gasteiger partial charge in [0, 0.05) is 13.2 Å². The van der Waals surface area contributed by atoms with Gasteiger partial charge in [0.15, 0.2) is 0 Å². The highest BCUT2D eigenvalue weighted by Gasteiger charge is 1.94. The van der Waals surface area contributed by atoms with Crippen LogP contribution in [0, 0.1) is 10.5 Å². The van der Waals surface area contributed by atoms with E-state index in [4.69, 9.17) is 11.2 Å². The van der Waals surface area contributed by atoms with Gasteiger partial charge < -0.3 is 4.74 Å². The maximum Gasteiger partial charge on any atom is 0.568 e. The van der Waals surface area contributed by atoms with E-state index >= 15 is 0 Å². The van der Waals surface area contributed by atoms with Crippen molar-refractivity contribution in [2.75, 3.05) is 13.2 Å². The van der Waals surface area contributed by atoms with E-state index in [-0.39, 0.29) is 18.2 Å². The summed E-state index contributed by atoms with van der Waals surface area (Å²) in [5.74, 6) is 0. The second-order valence-electron chi connectivity index (χ2n) is 1.66. The molecule has 3 heteroatoms. The Balaban J connectivity index is 0.000000148. The molecule has 0 aromatic rings. The van der Waals surface area contributed by atoms with E-state index in [1.807, 2.05) is 0 Å². The molecular formula is C6H9BrMgO. The summed E-state index contributed by atoms with van der Waals surface area (Å²) in [5, 5.41) is 0. The summed E-state index contributed by atoms with van der Waals surface area (Å²) in [7, 11) is 0. The van der Waals surface area contributed by atoms with Gasteiger partial charge in [-0.15, -0.1) is 0 Å². The number of halogens is 1. The molecule has 1 heterocycles. The lowest BCUT2D eigenvalue weighted by molar-refractivity contribution is 0.198. The first-order valence-corrected chi connectivity index (χ1v) is 7.59. The Morgan fingerprint density at radius 2 is 1.89 bits per heavy atom. The summed E-state index contributed by atoms with van der Waals surface area (Å²) in [6, 6.07) is 0. The van der Waals surface area contributed by atoms with Gasteiger partial charge >= 0.3 is 18.2 Å². The van der Waals surface area contributed by atoms with Crippen molar-refractivity contribution in [2.45, 2.75) is 12.8 Å². The molecule has 1 aliphatic heterocycles. The maximum atomic E-state index is 4.94. The molecule has 0 bridgehead atoms. The van der Waals surface area contributed by atoms with Crippen LogP contribution in [-0.2, 0) is 4.74 Å². The fourth-order valence-electron chi connectivity index (χ4n) is 0.510. The lowest BCUT2D eigenvalue weighted by Gasteiger charge is -1.76. The topological polar surface area (TPSA) is 9.23 Å². The molecule has 0 N–H and O–H groups in total. The molecule has 0 aromatic carbocycles. The van der Waals surface area contributed by atoms with Gasteiger partial charge in [0.05, 0.1) is 0 Å². The summed E-state index contributed by atoms with van der Waals surface area (Å²) < 4.78 is 7.43. The predicted octanol–water partition coefficient (Wildman–Crippen LogP) is 1.39. The summed E-state index contributed by atoms with van der Waals surface area (Å²) in [6.45, 7) is 2.00. The molecule has 0 amide bonds. The molecule has 0 aliphatic carbocycles. The largest absolute Gasteiger partial charge is 0.568 e.